The number of anilines is 1. The van der Waals surface area contributed by atoms with Gasteiger partial charge in [0.2, 0.25) is 17.7 Å². The zero-order valence-corrected chi connectivity index (χ0v) is 13.8. The van der Waals surface area contributed by atoms with Crippen LogP contribution in [-0.4, -0.2) is 42.2 Å². The number of imide groups is 1. The molecule has 7 nitrogen and oxygen atoms in total. The van der Waals surface area contributed by atoms with E-state index in [-0.39, 0.29) is 49.1 Å². The van der Waals surface area contributed by atoms with Gasteiger partial charge in [0.25, 0.3) is 0 Å². The van der Waals surface area contributed by atoms with Gasteiger partial charge in [-0.1, -0.05) is 19.1 Å². The Morgan fingerprint density at radius 2 is 1.88 bits per heavy atom. The molecule has 2 rings (SSSR count). The number of carbonyl (C=O) groups is 4. The minimum atomic E-state index is -0.537. The van der Waals surface area contributed by atoms with E-state index >= 15 is 0 Å². The first-order chi connectivity index (χ1) is 11.5. The summed E-state index contributed by atoms with van der Waals surface area (Å²) in [5, 5.41) is 2.71. The second-order valence-electron chi connectivity index (χ2n) is 5.42. The Kier molecular flexibility index (Phi) is 5.68. The van der Waals surface area contributed by atoms with Crippen molar-refractivity contribution in [1.29, 1.82) is 0 Å². The van der Waals surface area contributed by atoms with Crippen molar-refractivity contribution < 1.29 is 23.9 Å². The molecule has 0 spiro atoms. The number of methoxy groups -OCH3 is 1. The summed E-state index contributed by atoms with van der Waals surface area (Å²) < 4.78 is 4.74. The Morgan fingerprint density at radius 1 is 1.21 bits per heavy atom. The molecular formula is C17H20N2O5. The highest BCUT2D eigenvalue weighted by Gasteiger charge is 2.29. The van der Waals surface area contributed by atoms with Gasteiger partial charge in [0.15, 0.2) is 0 Å². The molecule has 128 valence electrons. The number of amides is 3. The van der Waals surface area contributed by atoms with Gasteiger partial charge in [-0.15, -0.1) is 0 Å². The predicted molar refractivity (Wildman–Crippen MR) is 86.4 cm³/mol. The lowest BCUT2D eigenvalue weighted by molar-refractivity contribution is -0.138. The summed E-state index contributed by atoms with van der Waals surface area (Å²) in [6, 6.07) is 5.12. The normalized spacial score (nSPS) is 14.0. The van der Waals surface area contributed by atoms with E-state index in [1.54, 1.807) is 12.1 Å². The van der Waals surface area contributed by atoms with Gasteiger partial charge in [0, 0.05) is 25.8 Å². The Bertz CT molecular complexity index is 668. The molecule has 0 aromatic heterocycles. The minimum absolute atomic E-state index is 0.0177. The van der Waals surface area contributed by atoms with Crippen molar-refractivity contribution in [3.8, 4) is 0 Å². The van der Waals surface area contributed by atoms with E-state index in [1.165, 1.54) is 7.11 Å². The highest BCUT2D eigenvalue weighted by Crippen LogP contribution is 2.23. The van der Waals surface area contributed by atoms with Crippen LogP contribution in [-0.2, 0) is 25.5 Å². The maximum Gasteiger partial charge on any atom is 0.339 e. The SMILES string of the molecule is CCc1cccc(C(=O)OC)c1NC(=O)CCN1C(=O)CCC1=O. The van der Waals surface area contributed by atoms with Crippen molar-refractivity contribution in [1.82, 2.24) is 4.90 Å². The number of carbonyl (C=O) groups excluding carboxylic acids is 4. The summed E-state index contributed by atoms with van der Waals surface area (Å²) in [7, 11) is 1.27. The molecule has 1 aromatic rings. The summed E-state index contributed by atoms with van der Waals surface area (Å²) in [5.74, 6) is -1.41. The van der Waals surface area contributed by atoms with E-state index in [0.29, 0.717) is 12.1 Å². The van der Waals surface area contributed by atoms with Crippen LogP contribution < -0.4 is 5.32 Å². The molecule has 7 heteroatoms. The number of benzene rings is 1. The summed E-state index contributed by atoms with van der Waals surface area (Å²) in [5.41, 5.74) is 1.49. The Labute approximate surface area is 140 Å². The third kappa shape index (κ3) is 3.79. The van der Waals surface area contributed by atoms with Gasteiger partial charge in [0.05, 0.1) is 18.4 Å². The van der Waals surface area contributed by atoms with Crippen molar-refractivity contribution >= 4 is 29.4 Å². The van der Waals surface area contributed by atoms with Crippen molar-refractivity contribution in [2.24, 2.45) is 0 Å². The largest absolute Gasteiger partial charge is 0.465 e. The molecule has 0 aliphatic carbocycles. The first-order valence-electron chi connectivity index (χ1n) is 7.81. The third-order valence-corrected chi connectivity index (χ3v) is 3.92. The number of para-hydroxylation sites is 1. The second-order valence-corrected chi connectivity index (χ2v) is 5.42. The van der Waals surface area contributed by atoms with Crippen LogP contribution in [0.4, 0.5) is 5.69 Å². The van der Waals surface area contributed by atoms with Gasteiger partial charge in [0.1, 0.15) is 0 Å². The highest BCUT2D eigenvalue weighted by atomic mass is 16.5. The van der Waals surface area contributed by atoms with Crippen LogP contribution in [0.1, 0.15) is 42.1 Å². The van der Waals surface area contributed by atoms with E-state index in [1.807, 2.05) is 13.0 Å². The fraction of sp³-hybridized carbons (Fsp3) is 0.412. The maximum atomic E-state index is 12.2. The van der Waals surface area contributed by atoms with E-state index < -0.39 is 5.97 Å². The molecule has 0 bridgehead atoms. The van der Waals surface area contributed by atoms with Gasteiger partial charge in [-0.3, -0.25) is 19.3 Å². The smallest absolute Gasteiger partial charge is 0.339 e. The van der Waals surface area contributed by atoms with Gasteiger partial charge in [-0.05, 0) is 18.1 Å². The standard InChI is InChI=1S/C17H20N2O5/c1-3-11-5-4-6-12(17(23)24-2)16(11)18-13(20)9-10-19-14(21)7-8-15(19)22/h4-6H,3,7-10H2,1-2H3,(H,18,20). The predicted octanol–water partition coefficient (Wildman–Crippen LogP) is 1.51. The summed E-state index contributed by atoms with van der Waals surface area (Å²) in [6.45, 7) is 1.96. The fourth-order valence-electron chi connectivity index (χ4n) is 2.61. The molecule has 24 heavy (non-hydrogen) atoms. The van der Waals surface area contributed by atoms with Crippen LogP contribution in [0.2, 0.25) is 0 Å². The van der Waals surface area contributed by atoms with Crippen molar-refractivity contribution in [3.63, 3.8) is 0 Å². The number of esters is 1. The molecule has 0 atom stereocenters. The monoisotopic (exact) mass is 332 g/mol. The number of nitrogens with one attached hydrogen (secondary N) is 1. The van der Waals surface area contributed by atoms with Gasteiger partial charge in [-0.2, -0.15) is 0 Å². The second kappa shape index (κ2) is 7.72. The molecule has 3 amide bonds. The summed E-state index contributed by atoms with van der Waals surface area (Å²) in [4.78, 5) is 48.3. The fourth-order valence-corrected chi connectivity index (χ4v) is 2.61. The quantitative estimate of drug-likeness (QED) is 0.630. The molecule has 0 radical (unpaired) electrons. The maximum absolute atomic E-state index is 12.2. The summed E-state index contributed by atoms with van der Waals surface area (Å²) >= 11 is 0. The first-order valence-corrected chi connectivity index (χ1v) is 7.81. The number of ether oxygens (including phenoxy) is 1. The topological polar surface area (TPSA) is 92.8 Å². The van der Waals surface area contributed by atoms with Crippen LogP contribution >= 0.6 is 0 Å². The van der Waals surface area contributed by atoms with Crippen LogP contribution in [0.15, 0.2) is 18.2 Å². The molecule has 1 N–H and O–H groups in total. The molecule has 1 aliphatic rings. The number of rotatable bonds is 6. The zero-order chi connectivity index (χ0) is 17.7. The molecular weight excluding hydrogens is 312 g/mol. The number of nitrogens with zero attached hydrogens (tertiary/aromatic N) is 1. The van der Waals surface area contributed by atoms with E-state index in [2.05, 4.69) is 5.32 Å². The highest BCUT2D eigenvalue weighted by molar-refractivity contribution is 6.04. The molecule has 1 aliphatic heterocycles. The average molecular weight is 332 g/mol. The number of aryl methyl sites for hydroxylation is 1. The van der Waals surface area contributed by atoms with Crippen LogP contribution in [0, 0.1) is 0 Å². The molecule has 1 aromatic carbocycles. The Morgan fingerprint density at radius 3 is 2.46 bits per heavy atom. The van der Waals surface area contributed by atoms with Gasteiger partial charge >= 0.3 is 5.97 Å². The van der Waals surface area contributed by atoms with E-state index in [4.69, 9.17) is 4.74 Å². The first kappa shape index (κ1) is 17.7. The Hall–Kier alpha value is -2.70. The van der Waals surface area contributed by atoms with E-state index in [9.17, 15) is 19.2 Å². The lowest BCUT2D eigenvalue weighted by atomic mass is 10.0. The lowest BCUT2D eigenvalue weighted by Crippen LogP contribution is -2.32. The van der Waals surface area contributed by atoms with Crippen LogP contribution in [0.5, 0.6) is 0 Å². The summed E-state index contributed by atoms with van der Waals surface area (Å²) in [6.07, 6.45) is 1.01. The van der Waals surface area contributed by atoms with Crippen LogP contribution in [0.25, 0.3) is 0 Å². The van der Waals surface area contributed by atoms with Crippen LogP contribution in [0.3, 0.4) is 0 Å². The van der Waals surface area contributed by atoms with Crippen molar-refractivity contribution in [3.05, 3.63) is 29.3 Å². The average Bonchev–Trinajstić information content (AvgIpc) is 2.90. The third-order valence-electron chi connectivity index (χ3n) is 3.92. The molecule has 1 saturated heterocycles. The van der Waals surface area contributed by atoms with Crippen molar-refractivity contribution in [2.75, 3.05) is 19.0 Å². The zero-order valence-electron chi connectivity index (χ0n) is 13.8. The van der Waals surface area contributed by atoms with E-state index in [0.717, 1.165) is 10.5 Å². The Balaban J connectivity index is 2.09. The molecule has 0 unspecified atom stereocenters. The lowest BCUT2D eigenvalue weighted by Gasteiger charge is -2.16. The van der Waals surface area contributed by atoms with Gasteiger partial charge < -0.3 is 10.1 Å². The minimum Gasteiger partial charge on any atom is -0.465 e. The molecule has 0 saturated carbocycles. The van der Waals surface area contributed by atoms with Gasteiger partial charge in [-0.25, -0.2) is 4.79 Å². The number of likely N-dealkylation sites (tertiary alicyclic amines) is 1. The molecule has 1 fully saturated rings. The number of hydrogen-bond acceptors (Lipinski definition) is 5. The number of hydrogen-bond donors (Lipinski definition) is 1. The van der Waals surface area contributed by atoms with Crippen molar-refractivity contribution in [2.45, 2.75) is 32.6 Å². The molecule has 1 heterocycles.